The zero-order valence-electron chi connectivity index (χ0n) is 8.91. The van der Waals surface area contributed by atoms with E-state index in [0.717, 1.165) is 19.3 Å². The second-order valence-corrected chi connectivity index (χ2v) is 4.38. The predicted molar refractivity (Wildman–Crippen MR) is 60.4 cm³/mol. The van der Waals surface area contributed by atoms with Crippen molar-refractivity contribution >= 4 is 5.91 Å². The number of hydrogen-bond acceptors (Lipinski definition) is 1. The Kier molecular flexibility index (Phi) is 3.05. The fourth-order valence-electron chi connectivity index (χ4n) is 2.37. The van der Waals surface area contributed by atoms with Crippen molar-refractivity contribution in [1.29, 1.82) is 0 Å². The Bertz CT molecular complexity index is 359. The molecule has 0 radical (unpaired) electrons. The van der Waals surface area contributed by atoms with Crippen molar-refractivity contribution in [1.82, 2.24) is 0 Å². The number of carbonyl (C=O) groups excluding carboxylic acids is 1. The summed E-state index contributed by atoms with van der Waals surface area (Å²) in [5.41, 5.74) is 8.10. The third kappa shape index (κ3) is 2.58. The summed E-state index contributed by atoms with van der Waals surface area (Å²) in [6.07, 6.45) is 4.95. The van der Waals surface area contributed by atoms with Gasteiger partial charge in [0.05, 0.1) is 0 Å². The summed E-state index contributed by atoms with van der Waals surface area (Å²) in [6, 6.07) is 8.60. The molecule has 15 heavy (non-hydrogen) atoms. The summed E-state index contributed by atoms with van der Waals surface area (Å²) < 4.78 is 0. The van der Waals surface area contributed by atoms with Crippen LogP contribution in [0.25, 0.3) is 0 Å². The van der Waals surface area contributed by atoms with Gasteiger partial charge in [-0.25, -0.2) is 0 Å². The Morgan fingerprint density at radius 2 is 2.07 bits per heavy atom. The van der Waals surface area contributed by atoms with Crippen LogP contribution in [0.3, 0.4) is 0 Å². The van der Waals surface area contributed by atoms with Gasteiger partial charge in [0.2, 0.25) is 5.91 Å². The van der Waals surface area contributed by atoms with Gasteiger partial charge in [0.1, 0.15) is 0 Å². The molecule has 1 aliphatic rings. The molecule has 1 amide bonds. The van der Waals surface area contributed by atoms with Gasteiger partial charge in [-0.2, -0.15) is 0 Å². The highest BCUT2D eigenvalue weighted by Crippen LogP contribution is 2.27. The van der Waals surface area contributed by atoms with E-state index in [1.807, 2.05) is 0 Å². The van der Waals surface area contributed by atoms with E-state index in [1.165, 1.54) is 17.5 Å². The van der Waals surface area contributed by atoms with Gasteiger partial charge in [-0.15, -0.1) is 0 Å². The molecule has 0 heterocycles. The van der Waals surface area contributed by atoms with Crippen LogP contribution in [0.2, 0.25) is 0 Å². The standard InChI is InChI=1S/C13H17NO/c14-13(15)8-6-10-5-7-11-3-1-2-4-12(11)9-10/h1-4,10H,5-9H2,(H2,14,15). The van der Waals surface area contributed by atoms with Crippen LogP contribution in [-0.4, -0.2) is 5.91 Å². The fourth-order valence-corrected chi connectivity index (χ4v) is 2.37. The van der Waals surface area contributed by atoms with Gasteiger partial charge >= 0.3 is 0 Å². The Labute approximate surface area is 90.5 Å². The summed E-state index contributed by atoms with van der Waals surface area (Å²) in [6.45, 7) is 0. The van der Waals surface area contributed by atoms with Crippen LogP contribution in [0.5, 0.6) is 0 Å². The van der Waals surface area contributed by atoms with Crippen molar-refractivity contribution in [3.8, 4) is 0 Å². The number of amides is 1. The third-order valence-electron chi connectivity index (χ3n) is 3.25. The molecule has 1 aromatic carbocycles. The first-order valence-electron chi connectivity index (χ1n) is 5.61. The number of benzene rings is 1. The molecule has 2 nitrogen and oxygen atoms in total. The zero-order chi connectivity index (χ0) is 10.7. The van der Waals surface area contributed by atoms with E-state index in [2.05, 4.69) is 24.3 Å². The van der Waals surface area contributed by atoms with Crippen molar-refractivity contribution in [2.75, 3.05) is 0 Å². The topological polar surface area (TPSA) is 43.1 Å². The predicted octanol–water partition coefficient (Wildman–Crippen LogP) is 2.06. The molecule has 1 unspecified atom stereocenters. The maximum atomic E-state index is 10.7. The molecule has 0 saturated heterocycles. The maximum Gasteiger partial charge on any atom is 0.217 e. The van der Waals surface area contributed by atoms with Gasteiger partial charge < -0.3 is 5.73 Å². The van der Waals surface area contributed by atoms with Crippen molar-refractivity contribution < 1.29 is 4.79 Å². The Balaban J connectivity index is 1.96. The Morgan fingerprint density at radius 3 is 2.80 bits per heavy atom. The summed E-state index contributed by atoms with van der Waals surface area (Å²) in [5, 5.41) is 0. The normalized spacial score (nSPS) is 19.6. The van der Waals surface area contributed by atoms with Crippen LogP contribution in [0.1, 0.15) is 30.4 Å². The summed E-state index contributed by atoms with van der Waals surface area (Å²) in [4.78, 5) is 10.7. The molecule has 0 saturated carbocycles. The molecule has 2 heteroatoms. The van der Waals surface area contributed by atoms with Crippen LogP contribution in [0, 0.1) is 5.92 Å². The molecule has 0 bridgehead atoms. The summed E-state index contributed by atoms with van der Waals surface area (Å²) >= 11 is 0. The van der Waals surface area contributed by atoms with Gasteiger partial charge in [-0.05, 0) is 42.7 Å². The van der Waals surface area contributed by atoms with Crippen molar-refractivity contribution in [3.63, 3.8) is 0 Å². The number of aryl methyl sites for hydroxylation is 1. The summed E-state index contributed by atoms with van der Waals surface area (Å²) in [5.74, 6) is 0.473. The van der Waals surface area contributed by atoms with Crippen LogP contribution < -0.4 is 5.73 Å². The van der Waals surface area contributed by atoms with Crippen LogP contribution in [-0.2, 0) is 17.6 Å². The molecule has 1 aliphatic carbocycles. The van der Waals surface area contributed by atoms with Crippen LogP contribution >= 0.6 is 0 Å². The average molecular weight is 203 g/mol. The first-order valence-corrected chi connectivity index (χ1v) is 5.61. The van der Waals surface area contributed by atoms with Gasteiger partial charge in [-0.1, -0.05) is 24.3 Å². The minimum Gasteiger partial charge on any atom is -0.370 e. The molecule has 0 aromatic heterocycles. The lowest BCUT2D eigenvalue weighted by molar-refractivity contribution is -0.118. The minimum absolute atomic E-state index is 0.172. The van der Waals surface area contributed by atoms with E-state index in [0.29, 0.717) is 12.3 Å². The number of primary amides is 1. The molecule has 1 atom stereocenters. The molecular formula is C13H17NO. The largest absolute Gasteiger partial charge is 0.370 e. The summed E-state index contributed by atoms with van der Waals surface area (Å²) in [7, 11) is 0. The van der Waals surface area contributed by atoms with Gasteiger partial charge in [0.25, 0.3) is 0 Å². The van der Waals surface area contributed by atoms with E-state index >= 15 is 0 Å². The third-order valence-corrected chi connectivity index (χ3v) is 3.25. The smallest absolute Gasteiger partial charge is 0.217 e. The second kappa shape index (κ2) is 4.47. The first-order chi connectivity index (χ1) is 7.25. The molecule has 0 spiro atoms. The molecular weight excluding hydrogens is 186 g/mol. The lowest BCUT2D eigenvalue weighted by Crippen LogP contribution is -2.18. The van der Waals surface area contributed by atoms with Crippen LogP contribution in [0.4, 0.5) is 0 Å². The Morgan fingerprint density at radius 1 is 1.33 bits per heavy atom. The lowest BCUT2D eigenvalue weighted by Gasteiger charge is -2.24. The average Bonchev–Trinajstić information content (AvgIpc) is 2.26. The number of nitrogens with two attached hydrogens (primary N) is 1. The zero-order valence-corrected chi connectivity index (χ0v) is 8.91. The highest BCUT2D eigenvalue weighted by Gasteiger charge is 2.18. The van der Waals surface area contributed by atoms with E-state index in [4.69, 9.17) is 5.73 Å². The molecule has 2 rings (SSSR count). The van der Waals surface area contributed by atoms with Crippen molar-refractivity contribution in [2.24, 2.45) is 11.7 Å². The monoisotopic (exact) mass is 203 g/mol. The molecule has 2 N–H and O–H groups in total. The molecule has 0 fully saturated rings. The Hall–Kier alpha value is -1.31. The van der Waals surface area contributed by atoms with Crippen molar-refractivity contribution in [2.45, 2.75) is 32.1 Å². The number of fused-ring (bicyclic) bond motifs is 1. The van der Waals surface area contributed by atoms with E-state index in [1.54, 1.807) is 0 Å². The molecule has 1 aromatic rings. The van der Waals surface area contributed by atoms with Gasteiger partial charge in [0.15, 0.2) is 0 Å². The number of rotatable bonds is 3. The fraction of sp³-hybridized carbons (Fsp3) is 0.462. The van der Waals surface area contributed by atoms with E-state index in [-0.39, 0.29) is 5.91 Å². The van der Waals surface area contributed by atoms with E-state index < -0.39 is 0 Å². The van der Waals surface area contributed by atoms with Gasteiger partial charge in [0, 0.05) is 6.42 Å². The molecule has 0 aliphatic heterocycles. The minimum atomic E-state index is -0.172. The van der Waals surface area contributed by atoms with Gasteiger partial charge in [-0.3, -0.25) is 4.79 Å². The van der Waals surface area contributed by atoms with E-state index in [9.17, 15) is 4.79 Å². The lowest BCUT2D eigenvalue weighted by atomic mass is 9.82. The highest BCUT2D eigenvalue weighted by molar-refractivity contribution is 5.73. The number of hydrogen-bond donors (Lipinski definition) is 1. The quantitative estimate of drug-likeness (QED) is 0.802. The van der Waals surface area contributed by atoms with Crippen LogP contribution in [0.15, 0.2) is 24.3 Å². The SMILES string of the molecule is NC(=O)CCC1CCc2ccccc2C1. The second-order valence-electron chi connectivity index (χ2n) is 4.38. The molecule has 80 valence electrons. The first kappa shape index (κ1) is 10.2. The maximum absolute atomic E-state index is 10.7. The highest BCUT2D eigenvalue weighted by atomic mass is 16.1. The van der Waals surface area contributed by atoms with Crippen molar-refractivity contribution in [3.05, 3.63) is 35.4 Å². The number of carbonyl (C=O) groups is 1.